The number of carbonyl (C=O) groups is 1. The SMILES string of the molecule is COC(=O)C(c1ccc(C#N)cc1)N1CCc2sccc2C1. The van der Waals surface area contributed by atoms with Crippen LogP contribution >= 0.6 is 11.3 Å². The maximum Gasteiger partial charge on any atom is 0.327 e. The van der Waals surface area contributed by atoms with Gasteiger partial charge in [-0.05, 0) is 41.1 Å². The summed E-state index contributed by atoms with van der Waals surface area (Å²) in [5.74, 6) is -0.261. The lowest BCUT2D eigenvalue weighted by molar-refractivity contribution is -0.147. The number of rotatable bonds is 3. The van der Waals surface area contributed by atoms with Gasteiger partial charge in [-0.2, -0.15) is 5.26 Å². The molecule has 1 unspecified atom stereocenters. The quantitative estimate of drug-likeness (QED) is 0.818. The first kappa shape index (κ1) is 14.8. The number of fused-ring (bicyclic) bond motifs is 1. The van der Waals surface area contributed by atoms with Crippen LogP contribution in [0.5, 0.6) is 0 Å². The van der Waals surface area contributed by atoms with Crippen molar-refractivity contribution in [3.05, 3.63) is 57.3 Å². The third-order valence-corrected chi connectivity index (χ3v) is 5.01. The lowest BCUT2D eigenvalue weighted by Gasteiger charge is -2.33. The number of esters is 1. The first-order chi connectivity index (χ1) is 10.7. The van der Waals surface area contributed by atoms with Gasteiger partial charge in [-0.3, -0.25) is 4.90 Å². The van der Waals surface area contributed by atoms with Crippen LogP contribution in [-0.4, -0.2) is 24.5 Å². The summed E-state index contributed by atoms with van der Waals surface area (Å²) in [6.07, 6.45) is 0.955. The highest BCUT2D eigenvalue weighted by atomic mass is 32.1. The molecule has 0 spiro atoms. The zero-order chi connectivity index (χ0) is 15.5. The van der Waals surface area contributed by atoms with Crippen molar-refractivity contribution in [1.82, 2.24) is 4.90 Å². The van der Waals surface area contributed by atoms with Crippen molar-refractivity contribution in [2.45, 2.75) is 19.0 Å². The van der Waals surface area contributed by atoms with E-state index in [9.17, 15) is 4.79 Å². The summed E-state index contributed by atoms with van der Waals surface area (Å²) in [5, 5.41) is 11.0. The molecule has 1 atom stereocenters. The highest BCUT2D eigenvalue weighted by Gasteiger charge is 2.31. The molecule has 0 aliphatic carbocycles. The van der Waals surface area contributed by atoms with E-state index in [2.05, 4.69) is 22.4 Å². The minimum absolute atomic E-state index is 0.261. The highest BCUT2D eigenvalue weighted by Crippen LogP contribution is 2.31. The fourth-order valence-electron chi connectivity index (χ4n) is 2.84. The van der Waals surface area contributed by atoms with E-state index in [1.807, 2.05) is 12.1 Å². The van der Waals surface area contributed by atoms with Gasteiger partial charge in [0.15, 0.2) is 0 Å². The van der Waals surface area contributed by atoms with E-state index in [0.717, 1.165) is 25.1 Å². The largest absolute Gasteiger partial charge is 0.468 e. The molecule has 0 amide bonds. The number of benzene rings is 1. The van der Waals surface area contributed by atoms with Gasteiger partial charge in [0.25, 0.3) is 0 Å². The van der Waals surface area contributed by atoms with Crippen molar-refractivity contribution < 1.29 is 9.53 Å². The Bertz CT molecular complexity index is 715. The zero-order valence-corrected chi connectivity index (χ0v) is 13.1. The van der Waals surface area contributed by atoms with E-state index < -0.39 is 6.04 Å². The summed E-state index contributed by atoms with van der Waals surface area (Å²) in [5.41, 5.74) is 2.74. The van der Waals surface area contributed by atoms with Crippen molar-refractivity contribution in [3.8, 4) is 6.07 Å². The van der Waals surface area contributed by atoms with Gasteiger partial charge in [0.2, 0.25) is 0 Å². The number of nitrogens with zero attached hydrogens (tertiary/aromatic N) is 2. The molecule has 0 radical (unpaired) electrons. The van der Waals surface area contributed by atoms with E-state index in [4.69, 9.17) is 10.00 Å². The Balaban J connectivity index is 1.90. The lowest BCUT2D eigenvalue weighted by atomic mass is 10.0. The molecule has 0 bridgehead atoms. The Hall–Kier alpha value is -2.16. The molecule has 0 N–H and O–H groups in total. The minimum Gasteiger partial charge on any atom is -0.468 e. The normalized spacial score (nSPS) is 15.6. The summed E-state index contributed by atoms with van der Waals surface area (Å²) >= 11 is 1.78. The average Bonchev–Trinajstić information content (AvgIpc) is 3.03. The Labute approximate surface area is 133 Å². The predicted octanol–water partition coefficient (Wildman–Crippen LogP) is 2.89. The third-order valence-electron chi connectivity index (χ3n) is 3.98. The average molecular weight is 312 g/mol. The lowest BCUT2D eigenvalue weighted by Crippen LogP contribution is -2.38. The molecule has 1 aromatic carbocycles. The van der Waals surface area contributed by atoms with Crippen molar-refractivity contribution in [1.29, 1.82) is 5.26 Å². The minimum atomic E-state index is -0.425. The van der Waals surface area contributed by atoms with Crippen LogP contribution < -0.4 is 0 Å². The molecule has 22 heavy (non-hydrogen) atoms. The van der Waals surface area contributed by atoms with E-state index >= 15 is 0 Å². The second-order valence-electron chi connectivity index (χ2n) is 5.25. The van der Waals surface area contributed by atoms with Gasteiger partial charge in [-0.15, -0.1) is 11.3 Å². The van der Waals surface area contributed by atoms with Crippen LogP contribution in [0.2, 0.25) is 0 Å². The van der Waals surface area contributed by atoms with Crippen molar-refractivity contribution in [3.63, 3.8) is 0 Å². The molecule has 1 aliphatic rings. The molecule has 1 aromatic heterocycles. The second-order valence-corrected chi connectivity index (χ2v) is 6.25. The number of thiophene rings is 1. The number of hydrogen-bond donors (Lipinski definition) is 0. The molecule has 112 valence electrons. The van der Waals surface area contributed by atoms with Crippen LogP contribution in [0.3, 0.4) is 0 Å². The first-order valence-corrected chi connectivity index (χ1v) is 7.98. The fourth-order valence-corrected chi connectivity index (χ4v) is 3.73. The standard InChI is InChI=1S/C17H16N2O2S/c1-21-17(20)16(13-4-2-12(10-18)3-5-13)19-8-6-15-14(11-19)7-9-22-15/h2-5,7,9,16H,6,8,11H2,1H3. The van der Waals surface area contributed by atoms with Gasteiger partial charge in [0.05, 0.1) is 18.7 Å². The number of carbonyl (C=O) groups excluding carboxylic acids is 1. The first-order valence-electron chi connectivity index (χ1n) is 7.10. The summed E-state index contributed by atoms with van der Waals surface area (Å²) in [7, 11) is 1.42. The van der Waals surface area contributed by atoms with Gasteiger partial charge in [0, 0.05) is 18.0 Å². The molecule has 0 saturated carbocycles. The van der Waals surface area contributed by atoms with Gasteiger partial charge < -0.3 is 4.74 Å². The van der Waals surface area contributed by atoms with Crippen LogP contribution in [0.25, 0.3) is 0 Å². The van der Waals surface area contributed by atoms with Crippen LogP contribution in [-0.2, 0) is 22.5 Å². The van der Waals surface area contributed by atoms with E-state index in [-0.39, 0.29) is 5.97 Å². The summed E-state index contributed by atoms with van der Waals surface area (Å²) in [4.78, 5) is 15.8. The number of nitriles is 1. The van der Waals surface area contributed by atoms with Crippen molar-refractivity contribution in [2.75, 3.05) is 13.7 Å². The molecule has 0 saturated heterocycles. The number of ether oxygens (including phenoxy) is 1. The van der Waals surface area contributed by atoms with E-state index in [1.54, 1.807) is 23.5 Å². The van der Waals surface area contributed by atoms with Gasteiger partial charge in [-0.25, -0.2) is 4.79 Å². The number of methoxy groups -OCH3 is 1. The summed E-state index contributed by atoms with van der Waals surface area (Å²) in [6, 6.07) is 11.0. The Morgan fingerprint density at radius 2 is 2.14 bits per heavy atom. The summed E-state index contributed by atoms with van der Waals surface area (Å²) < 4.78 is 5.00. The van der Waals surface area contributed by atoms with Gasteiger partial charge >= 0.3 is 5.97 Å². The Morgan fingerprint density at radius 3 is 2.82 bits per heavy atom. The third kappa shape index (κ3) is 2.76. The second kappa shape index (κ2) is 6.30. The highest BCUT2D eigenvalue weighted by molar-refractivity contribution is 7.10. The van der Waals surface area contributed by atoms with Crippen molar-refractivity contribution in [2.24, 2.45) is 0 Å². The molecule has 2 aromatic rings. The topological polar surface area (TPSA) is 53.3 Å². The molecule has 4 nitrogen and oxygen atoms in total. The van der Waals surface area contributed by atoms with Gasteiger partial charge in [0.1, 0.15) is 6.04 Å². The van der Waals surface area contributed by atoms with Crippen LogP contribution in [0.15, 0.2) is 35.7 Å². The van der Waals surface area contributed by atoms with Crippen molar-refractivity contribution >= 4 is 17.3 Å². The zero-order valence-electron chi connectivity index (χ0n) is 12.3. The molecule has 5 heteroatoms. The molecule has 3 rings (SSSR count). The van der Waals surface area contributed by atoms with Gasteiger partial charge in [-0.1, -0.05) is 12.1 Å². The molecule has 2 heterocycles. The maximum absolute atomic E-state index is 12.3. The monoisotopic (exact) mass is 312 g/mol. The molecular weight excluding hydrogens is 296 g/mol. The predicted molar refractivity (Wildman–Crippen MR) is 84.3 cm³/mol. The molecule has 1 aliphatic heterocycles. The smallest absolute Gasteiger partial charge is 0.327 e. The fraction of sp³-hybridized carbons (Fsp3) is 0.294. The Morgan fingerprint density at radius 1 is 1.36 bits per heavy atom. The van der Waals surface area contributed by atoms with E-state index in [1.165, 1.54) is 17.6 Å². The summed E-state index contributed by atoms with van der Waals surface area (Å²) in [6.45, 7) is 1.58. The number of hydrogen-bond acceptors (Lipinski definition) is 5. The van der Waals surface area contributed by atoms with Crippen LogP contribution in [0, 0.1) is 11.3 Å². The molecule has 0 fully saturated rings. The van der Waals surface area contributed by atoms with Crippen LogP contribution in [0.4, 0.5) is 0 Å². The van der Waals surface area contributed by atoms with Crippen LogP contribution in [0.1, 0.15) is 27.6 Å². The molecular formula is C17H16N2O2S. The van der Waals surface area contributed by atoms with E-state index in [0.29, 0.717) is 5.56 Å². The Kier molecular flexibility index (Phi) is 4.23. The maximum atomic E-state index is 12.3.